The first-order valence-electron chi connectivity index (χ1n) is 10.2. The first-order valence-corrected chi connectivity index (χ1v) is 10.2. The summed E-state index contributed by atoms with van der Waals surface area (Å²) < 4.78 is 0. The molecule has 0 radical (unpaired) electrons. The Morgan fingerprint density at radius 3 is 2.08 bits per heavy atom. The van der Waals surface area contributed by atoms with Gasteiger partial charge in [0.15, 0.2) is 0 Å². The minimum atomic E-state index is 1.20. The molecule has 0 spiro atoms. The highest BCUT2D eigenvalue weighted by atomic mass is 14.1. The molecular formula is C26H28. The zero-order valence-corrected chi connectivity index (χ0v) is 15.8. The molecule has 0 unspecified atom stereocenters. The monoisotopic (exact) mass is 340 g/mol. The van der Waals surface area contributed by atoms with Crippen LogP contribution in [0.25, 0.3) is 32.3 Å². The Labute approximate surface area is 156 Å². The molecule has 0 saturated heterocycles. The molecule has 0 heteroatoms. The van der Waals surface area contributed by atoms with E-state index in [0.29, 0.717) is 0 Å². The van der Waals surface area contributed by atoms with Gasteiger partial charge in [0.2, 0.25) is 0 Å². The van der Waals surface area contributed by atoms with Gasteiger partial charge in [0, 0.05) is 0 Å². The van der Waals surface area contributed by atoms with E-state index < -0.39 is 0 Å². The Hall–Kier alpha value is -2.34. The lowest BCUT2D eigenvalue weighted by Gasteiger charge is -2.11. The summed E-state index contributed by atoms with van der Waals surface area (Å²) in [4.78, 5) is 0. The summed E-state index contributed by atoms with van der Waals surface area (Å²) in [6.45, 7) is 2.28. The molecule has 0 heterocycles. The van der Waals surface area contributed by atoms with Crippen molar-refractivity contribution in [1.82, 2.24) is 0 Å². The minimum Gasteiger partial charge on any atom is -0.0654 e. The number of rotatable bonds is 7. The molecule has 4 rings (SSSR count). The van der Waals surface area contributed by atoms with Crippen LogP contribution in [0.1, 0.15) is 51.0 Å². The molecule has 0 fully saturated rings. The van der Waals surface area contributed by atoms with Crippen LogP contribution < -0.4 is 0 Å². The molecule has 0 atom stereocenters. The number of unbranched alkanes of at least 4 members (excludes halogenated alkanes) is 5. The average Bonchev–Trinajstić information content (AvgIpc) is 2.70. The largest absolute Gasteiger partial charge is 0.0654 e. The normalized spacial score (nSPS) is 11.6. The molecule has 4 aromatic rings. The molecular weight excluding hydrogens is 312 g/mol. The van der Waals surface area contributed by atoms with E-state index >= 15 is 0 Å². The van der Waals surface area contributed by atoms with Crippen LogP contribution in [-0.4, -0.2) is 0 Å². The van der Waals surface area contributed by atoms with Crippen LogP contribution in [0.2, 0.25) is 0 Å². The van der Waals surface area contributed by atoms with Crippen molar-refractivity contribution < 1.29 is 0 Å². The van der Waals surface area contributed by atoms with E-state index in [1.165, 1.54) is 82.8 Å². The highest BCUT2D eigenvalue weighted by Gasteiger charge is 2.07. The summed E-state index contributed by atoms with van der Waals surface area (Å²) in [5, 5.41) is 8.26. The van der Waals surface area contributed by atoms with Crippen LogP contribution >= 0.6 is 0 Å². The zero-order chi connectivity index (χ0) is 17.8. The predicted octanol–water partition coefficient (Wildman–Crippen LogP) is 8.05. The van der Waals surface area contributed by atoms with Crippen LogP contribution in [0.5, 0.6) is 0 Å². The molecule has 0 saturated carbocycles. The first-order chi connectivity index (χ1) is 12.9. The summed E-state index contributed by atoms with van der Waals surface area (Å²) in [7, 11) is 0. The Bertz CT molecular complexity index is 1030. The summed E-state index contributed by atoms with van der Waals surface area (Å²) in [5.74, 6) is 0. The lowest BCUT2D eigenvalue weighted by molar-refractivity contribution is 0.608. The lowest BCUT2D eigenvalue weighted by atomic mass is 9.93. The topological polar surface area (TPSA) is 0 Å². The molecule has 0 N–H and O–H groups in total. The van der Waals surface area contributed by atoms with Crippen LogP contribution in [0.3, 0.4) is 0 Å². The van der Waals surface area contributed by atoms with Gasteiger partial charge in [-0.2, -0.15) is 0 Å². The van der Waals surface area contributed by atoms with Crippen molar-refractivity contribution in [1.29, 1.82) is 0 Å². The maximum absolute atomic E-state index is 2.34. The minimum absolute atomic E-state index is 1.20. The van der Waals surface area contributed by atoms with E-state index in [4.69, 9.17) is 0 Å². The number of hydrogen-bond donors (Lipinski definition) is 0. The molecule has 0 aliphatic heterocycles. The van der Waals surface area contributed by atoms with Crippen LogP contribution in [0.4, 0.5) is 0 Å². The van der Waals surface area contributed by atoms with Crippen molar-refractivity contribution in [2.24, 2.45) is 0 Å². The molecule has 0 aromatic heterocycles. The van der Waals surface area contributed by atoms with Gasteiger partial charge in [-0.1, -0.05) is 106 Å². The molecule has 0 aliphatic carbocycles. The maximum Gasteiger partial charge on any atom is -0.00989 e. The summed E-state index contributed by atoms with van der Waals surface area (Å²) in [5.41, 5.74) is 1.51. The molecule has 0 aliphatic rings. The van der Waals surface area contributed by atoms with Crippen molar-refractivity contribution in [2.75, 3.05) is 0 Å². The van der Waals surface area contributed by atoms with Crippen molar-refractivity contribution in [2.45, 2.75) is 51.9 Å². The number of benzene rings is 4. The summed E-state index contributed by atoms with van der Waals surface area (Å²) in [6.07, 6.45) is 9.34. The molecule has 0 bridgehead atoms. The Morgan fingerprint density at radius 1 is 0.500 bits per heavy atom. The molecule has 26 heavy (non-hydrogen) atoms. The van der Waals surface area contributed by atoms with Crippen LogP contribution in [0, 0.1) is 0 Å². The molecule has 0 nitrogen and oxygen atoms in total. The van der Waals surface area contributed by atoms with Crippen molar-refractivity contribution in [3.05, 3.63) is 72.3 Å². The fourth-order valence-corrected chi connectivity index (χ4v) is 4.24. The third-order valence-electron chi connectivity index (χ3n) is 5.67. The standard InChI is InChI=1S/C26H28/c1-2-3-4-5-6-7-11-20-13-10-15-24-23(20)18-19-25-22-14-9-8-12-21(22)16-17-26(24)25/h8-10,12-19H,2-7,11H2,1H3. The molecule has 132 valence electrons. The SMILES string of the molecule is CCCCCCCCc1cccc2c1ccc1c3ccccc3ccc21. The highest BCUT2D eigenvalue weighted by molar-refractivity contribution is 6.17. The lowest BCUT2D eigenvalue weighted by Crippen LogP contribution is -1.89. The number of aryl methyl sites for hydroxylation is 1. The van der Waals surface area contributed by atoms with Gasteiger partial charge in [0.1, 0.15) is 0 Å². The Kier molecular flexibility index (Phi) is 5.20. The predicted molar refractivity (Wildman–Crippen MR) is 116 cm³/mol. The average molecular weight is 341 g/mol. The molecule has 0 amide bonds. The van der Waals surface area contributed by atoms with Crippen molar-refractivity contribution in [3.8, 4) is 0 Å². The fourth-order valence-electron chi connectivity index (χ4n) is 4.24. The second-order valence-electron chi connectivity index (χ2n) is 7.48. The summed E-state index contributed by atoms with van der Waals surface area (Å²) in [6, 6.07) is 24.8. The highest BCUT2D eigenvalue weighted by Crippen LogP contribution is 2.32. The van der Waals surface area contributed by atoms with E-state index in [2.05, 4.69) is 73.7 Å². The van der Waals surface area contributed by atoms with E-state index in [0.717, 1.165) is 0 Å². The van der Waals surface area contributed by atoms with Gasteiger partial charge in [-0.05, 0) is 50.7 Å². The van der Waals surface area contributed by atoms with Gasteiger partial charge in [-0.15, -0.1) is 0 Å². The van der Waals surface area contributed by atoms with Gasteiger partial charge in [-0.3, -0.25) is 0 Å². The maximum atomic E-state index is 2.34. The molecule has 4 aromatic carbocycles. The van der Waals surface area contributed by atoms with E-state index in [1.54, 1.807) is 0 Å². The fraction of sp³-hybridized carbons (Fsp3) is 0.308. The quantitative estimate of drug-likeness (QED) is 0.236. The first kappa shape index (κ1) is 17.1. The number of fused-ring (bicyclic) bond motifs is 5. The van der Waals surface area contributed by atoms with Gasteiger partial charge in [0.05, 0.1) is 0 Å². The Morgan fingerprint density at radius 2 is 1.15 bits per heavy atom. The Balaban J connectivity index is 1.66. The second-order valence-corrected chi connectivity index (χ2v) is 7.48. The summed E-state index contributed by atoms with van der Waals surface area (Å²) >= 11 is 0. The van der Waals surface area contributed by atoms with E-state index in [-0.39, 0.29) is 0 Å². The van der Waals surface area contributed by atoms with E-state index in [9.17, 15) is 0 Å². The zero-order valence-electron chi connectivity index (χ0n) is 15.8. The van der Waals surface area contributed by atoms with E-state index in [1.807, 2.05) is 0 Å². The third kappa shape index (κ3) is 3.33. The van der Waals surface area contributed by atoms with Gasteiger partial charge in [-0.25, -0.2) is 0 Å². The van der Waals surface area contributed by atoms with Gasteiger partial charge in [0.25, 0.3) is 0 Å². The van der Waals surface area contributed by atoms with Gasteiger partial charge >= 0.3 is 0 Å². The van der Waals surface area contributed by atoms with Crippen molar-refractivity contribution >= 4 is 32.3 Å². The van der Waals surface area contributed by atoms with Crippen molar-refractivity contribution in [3.63, 3.8) is 0 Å². The van der Waals surface area contributed by atoms with Gasteiger partial charge < -0.3 is 0 Å². The smallest absolute Gasteiger partial charge is 0.00989 e. The van der Waals surface area contributed by atoms with Crippen LogP contribution in [-0.2, 0) is 6.42 Å². The van der Waals surface area contributed by atoms with Crippen LogP contribution in [0.15, 0.2) is 66.7 Å². The third-order valence-corrected chi connectivity index (χ3v) is 5.67. The number of hydrogen-bond acceptors (Lipinski definition) is 0. The second kappa shape index (κ2) is 7.91.